The van der Waals surface area contributed by atoms with Gasteiger partial charge in [0.15, 0.2) is 12.4 Å². The predicted octanol–water partition coefficient (Wildman–Crippen LogP) is 4.69. The van der Waals surface area contributed by atoms with E-state index in [9.17, 15) is 24.5 Å². The van der Waals surface area contributed by atoms with Crippen molar-refractivity contribution in [3.05, 3.63) is 105 Å². The molecular formula is C24H19ClN2O6. The number of hydrogen-bond donors (Lipinski definition) is 0. The fraction of sp³-hybridized carbons (Fsp3) is 0.125. The standard InChI is InChI=1S/C24H19ClN2O6/c1-2-26(17-8-4-3-5-9-17)22(28)15-33-24(30)19-11-7-6-10-18(19)23(29)16-12-13-20(25)21(14-16)27(31)32/h3-14H,2,15H2,1H3. The number of esters is 1. The fourth-order valence-electron chi connectivity index (χ4n) is 3.20. The lowest BCUT2D eigenvalue weighted by atomic mass is 9.98. The van der Waals surface area contributed by atoms with Gasteiger partial charge >= 0.3 is 5.97 Å². The summed E-state index contributed by atoms with van der Waals surface area (Å²) in [6.07, 6.45) is 0. The molecule has 0 spiro atoms. The van der Waals surface area contributed by atoms with Gasteiger partial charge < -0.3 is 9.64 Å². The van der Waals surface area contributed by atoms with Crippen LogP contribution in [0.1, 0.15) is 33.2 Å². The number of amides is 1. The van der Waals surface area contributed by atoms with Crippen LogP contribution in [0.2, 0.25) is 5.02 Å². The molecule has 1 amide bonds. The lowest BCUT2D eigenvalue weighted by Gasteiger charge is -2.20. The Hall–Kier alpha value is -4.04. The molecule has 3 rings (SSSR count). The first-order chi connectivity index (χ1) is 15.8. The number of para-hydroxylation sites is 1. The van der Waals surface area contributed by atoms with Gasteiger partial charge in [0.2, 0.25) is 0 Å². The molecule has 0 bridgehead atoms. The van der Waals surface area contributed by atoms with Gasteiger partial charge in [-0.3, -0.25) is 19.7 Å². The highest BCUT2D eigenvalue weighted by Gasteiger charge is 2.23. The molecular weight excluding hydrogens is 448 g/mol. The Balaban J connectivity index is 1.79. The van der Waals surface area contributed by atoms with Crippen molar-refractivity contribution in [1.29, 1.82) is 0 Å². The van der Waals surface area contributed by atoms with Gasteiger partial charge in [-0.05, 0) is 37.3 Å². The zero-order valence-electron chi connectivity index (χ0n) is 17.6. The molecule has 168 valence electrons. The van der Waals surface area contributed by atoms with Crippen molar-refractivity contribution in [3.63, 3.8) is 0 Å². The number of carbonyl (C=O) groups excluding carboxylic acids is 3. The van der Waals surface area contributed by atoms with E-state index >= 15 is 0 Å². The molecule has 0 aromatic heterocycles. The molecule has 3 aromatic rings. The summed E-state index contributed by atoms with van der Waals surface area (Å²) in [6.45, 7) is 1.66. The Bertz CT molecular complexity index is 1210. The molecule has 8 nitrogen and oxygen atoms in total. The second-order valence-corrected chi connectivity index (χ2v) is 7.25. The maximum absolute atomic E-state index is 13.0. The Morgan fingerprint density at radius 1 is 0.970 bits per heavy atom. The molecule has 0 aliphatic carbocycles. The smallest absolute Gasteiger partial charge is 0.339 e. The normalized spacial score (nSPS) is 10.4. The molecule has 0 saturated heterocycles. The molecule has 0 unspecified atom stereocenters. The van der Waals surface area contributed by atoms with Crippen molar-refractivity contribution in [2.45, 2.75) is 6.92 Å². The van der Waals surface area contributed by atoms with E-state index in [1.807, 2.05) is 6.07 Å². The SMILES string of the molecule is CCN(C(=O)COC(=O)c1ccccc1C(=O)c1ccc(Cl)c([N+](=O)[O-])c1)c1ccccc1. The minimum Gasteiger partial charge on any atom is -0.452 e. The van der Waals surface area contributed by atoms with Crippen LogP contribution in [0.3, 0.4) is 0 Å². The van der Waals surface area contributed by atoms with Crippen molar-refractivity contribution in [1.82, 2.24) is 0 Å². The van der Waals surface area contributed by atoms with E-state index in [-0.39, 0.29) is 21.7 Å². The lowest BCUT2D eigenvalue weighted by molar-refractivity contribution is -0.384. The molecule has 0 heterocycles. The largest absolute Gasteiger partial charge is 0.452 e. The topological polar surface area (TPSA) is 107 Å². The van der Waals surface area contributed by atoms with E-state index in [2.05, 4.69) is 0 Å². The minimum atomic E-state index is -0.861. The second kappa shape index (κ2) is 10.5. The summed E-state index contributed by atoms with van der Waals surface area (Å²) in [7, 11) is 0. The maximum atomic E-state index is 13.0. The molecule has 0 aliphatic rings. The van der Waals surface area contributed by atoms with E-state index in [1.165, 1.54) is 29.2 Å². The summed E-state index contributed by atoms with van der Waals surface area (Å²) in [6, 6.07) is 18.5. The highest BCUT2D eigenvalue weighted by Crippen LogP contribution is 2.27. The Morgan fingerprint density at radius 2 is 1.61 bits per heavy atom. The monoisotopic (exact) mass is 466 g/mol. The van der Waals surface area contributed by atoms with Crippen molar-refractivity contribution in [3.8, 4) is 0 Å². The molecule has 33 heavy (non-hydrogen) atoms. The quantitative estimate of drug-likeness (QED) is 0.206. The number of nitro groups is 1. The average Bonchev–Trinajstić information content (AvgIpc) is 2.83. The van der Waals surface area contributed by atoms with Gasteiger partial charge in [-0.1, -0.05) is 48.0 Å². The number of nitro benzene ring substituents is 1. The van der Waals surface area contributed by atoms with Crippen LogP contribution >= 0.6 is 11.6 Å². The molecule has 0 aliphatic heterocycles. The highest BCUT2D eigenvalue weighted by molar-refractivity contribution is 6.33. The first-order valence-corrected chi connectivity index (χ1v) is 10.3. The van der Waals surface area contributed by atoms with Crippen molar-refractivity contribution >= 4 is 40.6 Å². The van der Waals surface area contributed by atoms with Gasteiger partial charge in [0.05, 0.1) is 10.5 Å². The Labute approximate surface area is 194 Å². The third-order valence-corrected chi connectivity index (χ3v) is 5.13. The second-order valence-electron chi connectivity index (χ2n) is 6.85. The number of benzene rings is 3. The molecule has 0 radical (unpaired) electrons. The van der Waals surface area contributed by atoms with E-state index in [4.69, 9.17) is 16.3 Å². The van der Waals surface area contributed by atoms with E-state index in [1.54, 1.807) is 43.3 Å². The van der Waals surface area contributed by atoms with Gasteiger partial charge in [-0.25, -0.2) is 4.79 Å². The molecule has 9 heteroatoms. The van der Waals surface area contributed by atoms with Crippen LogP contribution in [-0.4, -0.2) is 35.7 Å². The van der Waals surface area contributed by atoms with E-state index in [0.717, 1.165) is 6.07 Å². The molecule has 0 fully saturated rings. The minimum absolute atomic E-state index is 0.0105. The van der Waals surface area contributed by atoms with Crippen LogP contribution in [0, 0.1) is 10.1 Å². The number of carbonyl (C=O) groups is 3. The number of halogens is 1. The average molecular weight is 467 g/mol. The summed E-state index contributed by atoms with van der Waals surface area (Å²) in [5.41, 5.74) is 0.163. The van der Waals surface area contributed by atoms with E-state index in [0.29, 0.717) is 12.2 Å². The summed E-state index contributed by atoms with van der Waals surface area (Å²) >= 11 is 5.81. The van der Waals surface area contributed by atoms with Crippen LogP contribution in [0.15, 0.2) is 72.8 Å². The van der Waals surface area contributed by atoms with Gasteiger partial charge in [-0.15, -0.1) is 0 Å². The molecule has 0 saturated carbocycles. The number of nitrogens with zero attached hydrogens (tertiary/aromatic N) is 2. The summed E-state index contributed by atoms with van der Waals surface area (Å²) in [4.78, 5) is 50.2. The van der Waals surface area contributed by atoms with Crippen LogP contribution < -0.4 is 4.90 Å². The first kappa shape index (κ1) is 23.6. The fourth-order valence-corrected chi connectivity index (χ4v) is 3.39. The van der Waals surface area contributed by atoms with Gasteiger partial charge in [-0.2, -0.15) is 0 Å². The predicted molar refractivity (Wildman–Crippen MR) is 123 cm³/mol. The summed E-state index contributed by atoms with van der Waals surface area (Å²) in [5.74, 6) is -1.90. The molecule has 3 aromatic carbocycles. The Kier molecular flexibility index (Phi) is 7.53. The highest BCUT2D eigenvalue weighted by atomic mass is 35.5. The number of likely N-dealkylation sites (N-methyl/N-ethyl adjacent to an activating group) is 1. The zero-order chi connectivity index (χ0) is 24.0. The third kappa shape index (κ3) is 5.42. The number of rotatable bonds is 8. The Morgan fingerprint density at radius 3 is 2.24 bits per heavy atom. The molecule has 0 N–H and O–H groups in total. The number of hydrogen-bond acceptors (Lipinski definition) is 6. The van der Waals surface area contributed by atoms with Crippen molar-refractivity contribution in [2.24, 2.45) is 0 Å². The van der Waals surface area contributed by atoms with Crippen LogP contribution in [-0.2, 0) is 9.53 Å². The number of ether oxygens (including phenoxy) is 1. The van der Waals surface area contributed by atoms with Gasteiger partial charge in [0.25, 0.3) is 11.6 Å². The van der Waals surface area contributed by atoms with Gasteiger partial charge in [0.1, 0.15) is 5.02 Å². The lowest BCUT2D eigenvalue weighted by Crippen LogP contribution is -2.34. The first-order valence-electron chi connectivity index (χ1n) is 9.93. The summed E-state index contributed by atoms with van der Waals surface area (Å²) < 4.78 is 5.19. The van der Waals surface area contributed by atoms with Gasteiger partial charge in [0, 0.05) is 29.4 Å². The zero-order valence-corrected chi connectivity index (χ0v) is 18.3. The van der Waals surface area contributed by atoms with E-state index < -0.39 is 34.9 Å². The van der Waals surface area contributed by atoms with Crippen LogP contribution in [0.4, 0.5) is 11.4 Å². The molecule has 0 atom stereocenters. The van der Waals surface area contributed by atoms with Crippen LogP contribution in [0.5, 0.6) is 0 Å². The van der Waals surface area contributed by atoms with Crippen molar-refractivity contribution < 1.29 is 24.0 Å². The van der Waals surface area contributed by atoms with Crippen molar-refractivity contribution in [2.75, 3.05) is 18.1 Å². The number of ketones is 1. The third-order valence-electron chi connectivity index (χ3n) is 4.81. The summed E-state index contributed by atoms with van der Waals surface area (Å²) in [5, 5.41) is 11.0. The maximum Gasteiger partial charge on any atom is 0.339 e. The number of anilines is 1. The van der Waals surface area contributed by atoms with Crippen LogP contribution in [0.25, 0.3) is 0 Å².